The SMILES string of the molecule is CC(C)(C)c1c(NCC(=O)NO)nc2cc(CO)ccn12. The highest BCUT2D eigenvalue weighted by atomic mass is 16.5. The highest BCUT2D eigenvalue weighted by Gasteiger charge is 2.24. The summed E-state index contributed by atoms with van der Waals surface area (Å²) in [5, 5.41) is 20.7. The average molecular weight is 292 g/mol. The number of rotatable bonds is 4. The zero-order chi connectivity index (χ0) is 15.6. The molecule has 114 valence electrons. The van der Waals surface area contributed by atoms with Gasteiger partial charge in [0.25, 0.3) is 5.91 Å². The number of anilines is 1. The Morgan fingerprint density at radius 1 is 1.43 bits per heavy atom. The van der Waals surface area contributed by atoms with Gasteiger partial charge in [-0.25, -0.2) is 10.5 Å². The minimum Gasteiger partial charge on any atom is -0.392 e. The molecule has 0 aliphatic carbocycles. The molecular weight excluding hydrogens is 272 g/mol. The molecule has 0 radical (unpaired) electrons. The maximum Gasteiger partial charge on any atom is 0.262 e. The van der Waals surface area contributed by atoms with Crippen LogP contribution in [-0.4, -0.2) is 32.2 Å². The summed E-state index contributed by atoms with van der Waals surface area (Å²) in [6.07, 6.45) is 1.85. The second kappa shape index (κ2) is 5.71. The number of hydrogen-bond acceptors (Lipinski definition) is 5. The number of carbonyl (C=O) groups excluding carboxylic acids is 1. The van der Waals surface area contributed by atoms with Crippen LogP contribution in [0.5, 0.6) is 0 Å². The molecule has 0 fully saturated rings. The van der Waals surface area contributed by atoms with Crippen molar-refractivity contribution in [2.24, 2.45) is 0 Å². The van der Waals surface area contributed by atoms with Crippen LogP contribution in [0.3, 0.4) is 0 Å². The van der Waals surface area contributed by atoms with Crippen molar-refractivity contribution >= 4 is 17.4 Å². The maximum absolute atomic E-state index is 11.2. The summed E-state index contributed by atoms with van der Waals surface area (Å²) >= 11 is 0. The van der Waals surface area contributed by atoms with E-state index in [2.05, 4.69) is 10.3 Å². The van der Waals surface area contributed by atoms with Crippen LogP contribution >= 0.6 is 0 Å². The number of nitrogens with zero attached hydrogens (tertiary/aromatic N) is 2. The van der Waals surface area contributed by atoms with Gasteiger partial charge in [-0.15, -0.1) is 0 Å². The molecule has 0 aliphatic heterocycles. The highest BCUT2D eigenvalue weighted by Crippen LogP contribution is 2.30. The third-order valence-corrected chi connectivity index (χ3v) is 3.12. The van der Waals surface area contributed by atoms with Gasteiger partial charge in [0.2, 0.25) is 0 Å². The Bertz CT molecular complexity index is 658. The minimum absolute atomic E-state index is 0.0517. The molecule has 1 amide bonds. The van der Waals surface area contributed by atoms with E-state index in [9.17, 15) is 9.90 Å². The molecule has 7 nitrogen and oxygen atoms in total. The van der Waals surface area contributed by atoms with Gasteiger partial charge in [0.15, 0.2) is 0 Å². The number of hydroxylamine groups is 1. The van der Waals surface area contributed by atoms with Crippen molar-refractivity contribution in [2.75, 3.05) is 11.9 Å². The topological polar surface area (TPSA) is 98.9 Å². The first-order valence-corrected chi connectivity index (χ1v) is 6.66. The van der Waals surface area contributed by atoms with E-state index in [0.29, 0.717) is 11.5 Å². The Kier molecular flexibility index (Phi) is 4.15. The largest absolute Gasteiger partial charge is 0.392 e. The Morgan fingerprint density at radius 2 is 2.14 bits per heavy atom. The van der Waals surface area contributed by atoms with Gasteiger partial charge in [-0.3, -0.25) is 10.0 Å². The van der Waals surface area contributed by atoms with Crippen LogP contribution in [0.15, 0.2) is 18.3 Å². The summed E-state index contributed by atoms with van der Waals surface area (Å²) in [5.41, 5.74) is 3.77. The van der Waals surface area contributed by atoms with Gasteiger partial charge in [0, 0.05) is 11.6 Å². The lowest BCUT2D eigenvalue weighted by Crippen LogP contribution is -2.28. The summed E-state index contributed by atoms with van der Waals surface area (Å²) in [7, 11) is 0. The monoisotopic (exact) mass is 292 g/mol. The summed E-state index contributed by atoms with van der Waals surface area (Å²) in [4.78, 5) is 15.6. The van der Waals surface area contributed by atoms with E-state index in [1.807, 2.05) is 37.4 Å². The van der Waals surface area contributed by atoms with Crippen molar-refractivity contribution in [2.45, 2.75) is 32.8 Å². The normalized spacial score (nSPS) is 11.7. The Balaban J connectivity index is 2.49. The minimum atomic E-state index is -0.539. The molecule has 0 spiro atoms. The zero-order valence-corrected chi connectivity index (χ0v) is 12.3. The van der Waals surface area contributed by atoms with Crippen LogP contribution < -0.4 is 10.8 Å². The van der Waals surface area contributed by atoms with Crippen molar-refractivity contribution < 1.29 is 15.1 Å². The first-order valence-electron chi connectivity index (χ1n) is 6.66. The first-order chi connectivity index (χ1) is 9.86. The van der Waals surface area contributed by atoms with Crippen molar-refractivity contribution in [1.82, 2.24) is 14.9 Å². The summed E-state index contributed by atoms with van der Waals surface area (Å²) in [5.74, 6) is 0.0455. The standard InChI is InChI=1S/C14H20N4O3/c1-14(2,3)12-13(15-7-11(20)17-21)16-10-6-9(8-19)4-5-18(10)12/h4-6,15,19,21H,7-8H2,1-3H3,(H,17,20). The molecule has 2 aromatic heterocycles. The zero-order valence-electron chi connectivity index (χ0n) is 12.3. The van der Waals surface area contributed by atoms with Gasteiger partial charge >= 0.3 is 0 Å². The number of hydrogen-bond donors (Lipinski definition) is 4. The van der Waals surface area contributed by atoms with Gasteiger partial charge in [-0.1, -0.05) is 20.8 Å². The molecule has 7 heteroatoms. The quantitative estimate of drug-likeness (QED) is 0.498. The summed E-state index contributed by atoms with van der Waals surface area (Å²) < 4.78 is 1.93. The molecule has 0 atom stereocenters. The predicted octanol–water partition coefficient (Wildman–Crippen LogP) is 1.04. The second-order valence-electron chi connectivity index (χ2n) is 5.87. The van der Waals surface area contributed by atoms with Gasteiger partial charge < -0.3 is 14.8 Å². The lowest BCUT2D eigenvalue weighted by atomic mass is 9.92. The number of aliphatic hydroxyl groups excluding tert-OH is 1. The van der Waals surface area contributed by atoms with E-state index in [1.165, 1.54) is 0 Å². The van der Waals surface area contributed by atoms with Gasteiger partial charge in [-0.2, -0.15) is 0 Å². The van der Waals surface area contributed by atoms with Gasteiger partial charge in [-0.05, 0) is 17.7 Å². The third kappa shape index (κ3) is 3.14. The van der Waals surface area contributed by atoms with Crippen molar-refractivity contribution in [3.63, 3.8) is 0 Å². The van der Waals surface area contributed by atoms with E-state index >= 15 is 0 Å². The van der Waals surface area contributed by atoms with Gasteiger partial charge in [0.05, 0.1) is 18.8 Å². The van der Waals surface area contributed by atoms with E-state index in [4.69, 9.17) is 5.21 Å². The van der Waals surface area contributed by atoms with Crippen LogP contribution in [0.1, 0.15) is 32.0 Å². The Morgan fingerprint density at radius 3 is 2.71 bits per heavy atom. The Hall–Kier alpha value is -2.12. The molecule has 4 N–H and O–H groups in total. The van der Waals surface area contributed by atoms with Crippen molar-refractivity contribution in [3.05, 3.63) is 29.6 Å². The molecule has 0 unspecified atom stereocenters. The molecule has 2 rings (SSSR count). The number of amides is 1. The lowest BCUT2D eigenvalue weighted by molar-refractivity contribution is -0.127. The second-order valence-corrected chi connectivity index (χ2v) is 5.87. The molecule has 0 saturated heterocycles. The fraction of sp³-hybridized carbons (Fsp3) is 0.429. The number of imidazole rings is 1. The number of fused-ring (bicyclic) bond motifs is 1. The van der Waals surface area contributed by atoms with E-state index in [0.717, 1.165) is 11.3 Å². The number of aromatic nitrogens is 2. The molecule has 2 aromatic rings. The van der Waals surface area contributed by atoms with Crippen LogP contribution in [-0.2, 0) is 16.8 Å². The Labute approximate surface area is 122 Å². The fourth-order valence-corrected chi connectivity index (χ4v) is 2.23. The first kappa shape index (κ1) is 15.3. The van der Waals surface area contributed by atoms with Crippen molar-refractivity contribution in [3.8, 4) is 0 Å². The third-order valence-electron chi connectivity index (χ3n) is 3.12. The smallest absolute Gasteiger partial charge is 0.262 e. The van der Waals surface area contributed by atoms with Crippen LogP contribution in [0.25, 0.3) is 5.65 Å². The van der Waals surface area contributed by atoms with Crippen molar-refractivity contribution in [1.29, 1.82) is 0 Å². The summed E-state index contributed by atoms with van der Waals surface area (Å²) in [6.45, 7) is 6.02. The predicted molar refractivity (Wildman–Crippen MR) is 78.2 cm³/mol. The number of pyridine rings is 1. The fourth-order valence-electron chi connectivity index (χ4n) is 2.23. The average Bonchev–Trinajstić information content (AvgIpc) is 2.81. The molecule has 0 aliphatic rings. The molecule has 0 saturated carbocycles. The van der Waals surface area contributed by atoms with Crippen LogP contribution in [0.2, 0.25) is 0 Å². The molecule has 21 heavy (non-hydrogen) atoms. The molecule has 0 aromatic carbocycles. The number of aliphatic hydroxyl groups is 1. The highest BCUT2D eigenvalue weighted by molar-refractivity contribution is 5.79. The number of carbonyl (C=O) groups is 1. The molecule has 0 bridgehead atoms. The molecular formula is C14H20N4O3. The lowest BCUT2D eigenvalue weighted by Gasteiger charge is -2.20. The summed E-state index contributed by atoms with van der Waals surface area (Å²) in [6, 6.07) is 3.63. The van der Waals surface area contributed by atoms with E-state index in [1.54, 1.807) is 11.5 Å². The van der Waals surface area contributed by atoms with Gasteiger partial charge in [0.1, 0.15) is 11.5 Å². The number of nitrogens with one attached hydrogen (secondary N) is 2. The van der Waals surface area contributed by atoms with E-state index < -0.39 is 5.91 Å². The van der Waals surface area contributed by atoms with Crippen LogP contribution in [0.4, 0.5) is 5.82 Å². The van der Waals surface area contributed by atoms with Crippen LogP contribution in [0, 0.1) is 0 Å². The maximum atomic E-state index is 11.2. The van der Waals surface area contributed by atoms with E-state index in [-0.39, 0.29) is 18.6 Å². The molecule has 2 heterocycles.